The molecule has 1 atom stereocenters. The molecule has 7 heteroatoms. The van der Waals surface area contributed by atoms with Crippen molar-refractivity contribution in [1.82, 2.24) is 9.97 Å². The van der Waals surface area contributed by atoms with Gasteiger partial charge in [-0.1, -0.05) is 0 Å². The van der Waals surface area contributed by atoms with Crippen molar-refractivity contribution in [3.05, 3.63) is 22.5 Å². The van der Waals surface area contributed by atoms with E-state index in [-0.39, 0.29) is 11.6 Å². The van der Waals surface area contributed by atoms with Crippen LogP contribution in [0.3, 0.4) is 0 Å². The van der Waals surface area contributed by atoms with Gasteiger partial charge in [-0.3, -0.25) is 10.1 Å². The molecule has 0 amide bonds. The number of aliphatic hydroxyl groups excluding tert-OH is 1. The largest absolute Gasteiger partial charge is 0.391 e. The third-order valence-electron chi connectivity index (χ3n) is 2.33. The molecule has 0 aliphatic carbocycles. The Morgan fingerprint density at radius 3 is 2.38 bits per heavy atom. The summed E-state index contributed by atoms with van der Waals surface area (Å²) in [6, 6.07) is 0. The summed E-state index contributed by atoms with van der Waals surface area (Å²) in [6.07, 6.45) is 1.63. The Morgan fingerprint density at radius 2 is 2.00 bits per heavy atom. The number of nitro groups is 1. The Hall–Kier alpha value is -1.76. The van der Waals surface area contributed by atoms with E-state index in [2.05, 4.69) is 15.3 Å². The lowest BCUT2D eigenvalue weighted by Crippen LogP contribution is -2.42. The minimum Gasteiger partial charge on any atom is -0.391 e. The Bertz CT molecular complexity index is 375. The lowest BCUT2D eigenvalue weighted by Gasteiger charge is -2.29. The molecule has 2 N–H and O–H groups in total. The van der Waals surface area contributed by atoms with E-state index in [1.54, 1.807) is 20.8 Å². The molecule has 1 unspecified atom stereocenters. The van der Waals surface area contributed by atoms with Crippen LogP contribution in [0.25, 0.3) is 0 Å². The fraction of sp³-hybridized carbons (Fsp3) is 0.556. The summed E-state index contributed by atoms with van der Waals surface area (Å²) < 4.78 is 0. The zero-order valence-corrected chi connectivity index (χ0v) is 9.34. The van der Waals surface area contributed by atoms with Crippen LogP contribution in [0.4, 0.5) is 11.6 Å². The number of anilines is 1. The van der Waals surface area contributed by atoms with E-state index in [0.29, 0.717) is 0 Å². The zero-order chi connectivity index (χ0) is 12.3. The molecular formula is C9H14N4O3. The minimum absolute atomic E-state index is 0.166. The maximum Gasteiger partial charge on any atom is 0.305 e. The van der Waals surface area contributed by atoms with Crippen LogP contribution in [0, 0.1) is 10.1 Å². The fourth-order valence-electron chi connectivity index (χ4n) is 0.873. The molecule has 16 heavy (non-hydrogen) atoms. The van der Waals surface area contributed by atoms with Gasteiger partial charge in [-0.15, -0.1) is 0 Å². The van der Waals surface area contributed by atoms with Crippen molar-refractivity contribution in [1.29, 1.82) is 0 Å². The fourth-order valence-corrected chi connectivity index (χ4v) is 0.873. The molecule has 0 aliphatic heterocycles. The molecule has 0 saturated heterocycles. The molecule has 1 rings (SSSR count). The highest BCUT2D eigenvalue weighted by Gasteiger charge is 2.24. The minimum atomic E-state index is -0.605. The number of hydrogen-bond acceptors (Lipinski definition) is 6. The zero-order valence-electron chi connectivity index (χ0n) is 9.34. The van der Waals surface area contributed by atoms with Crippen LogP contribution in [0.5, 0.6) is 0 Å². The molecule has 1 aromatic rings. The maximum atomic E-state index is 10.4. The van der Waals surface area contributed by atoms with Gasteiger partial charge >= 0.3 is 5.69 Å². The first kappa shape index (κ1) is 12.3. The SMILES string of the molecule is CC(O)C(C)(C)Nc1ncc([N+](=O)[O-])cn1. The molecule has 0 spiro atoms. The van der Waals surface area contributed by atoms with Crippen molar-refractivity contribution >= 4 is 11.6 Å². The Kier molecular flexibility index (Phi) is 3.38. The Labute approximate surface area is 92.7 Å². The van der Waals surface area contributed by atoms with Crippen molar-refractivity contribution in [2.24, 2.45) is 0 Å². The summed E-state index contributed by atoms with van der Waals surface area (Å²) in [4.78, 5) is 17.4. The average Bonchev–Trinajstić information content (AvgIpc) is 2.17. The van der Waals surface area contributed by atoms with Crippen molar-refractivity contribution in [3.8, 4) is 0 Å². The van der Waals surface area contributed by atoms with Gasteiger partial charge in [0.1, 0.15) is 12.4 Å². The van der Waals surface area contributed by atoms with E-state index in [1.807, 2.05) is 0 Å². The first-order valence-corrected chi connectivity index (χ1v) is 4.75. The van der Waals surface area contributed by atoms with Crippen LogP contribution in [-0.2, 0) is 0 Å². The molecule has 0 aliphatic rings. The lowest BCUT2D eigenvalue weighted by atomic mass is 9.99. The van der Waals surface area contributed by atoms with E-state index < -0.39 is 16.6 Å². The van der Waals surface area contributed by atoms with Crippen LogP contribution in [0.15, 0.2) is 12.4 Å². The van der Waals surface area contributed by atoms with Crippen LogP contribution in [0.1, 0.15) is 20.8 Å². The second-order valence-corrected chi connectivity index (χ2v) is 4.04. The molecule has 0 bridgehead atoms. The molecule has 88 valence electrons. The molecule has 1 aromatic heterocycles. The van der Waals surface area contributed by atoms with Crippen molar-refractivity contribution < 1.29 is 10.0 Å². The summed E-state index contributed by atoms with van der Waals surface area (Å²) >= 11 is 0. The molecule has 0 radical (unpaired) electrons. The monoisotopic (exact) mass is 226 g/mol. The van der Waals surface area contributed by atoms with Gasteiger partial charge in [0.15, 0.2) is 0 Å². The standard InChI is InChI=1S/C9H14N4O3/c1-6(14)9(2,3)12-8-10-4-7(5-11-8)13(15)16/h4-6,14H,1-3H3,(H,10,11,12). The first-order valence-electron chi connectivity index (χ1n) is 4.75. The molecule has 1 heterocycles. The van der Waals surface area contributed by atoms with E-state index >= 15 is 0 Å². The summed E-state index contributed by atoms with van der Waals surface area (Å²) in [5, 5.41) is 22.7. The lowest BCUT2D eigenvalue weighted by molar-refractivity contribution is -0.385. The van der Waals surface area contributed by atoms with E-state index in [9.17, 15) is 15.2 Å². The van der Waals surface area contributed by atoms with Crippen LogP contribution in [-0.4, -0.2) is 31.6 Å². The van der Waals surface area contributed by atoms with Gasteiger partial charge in [0, 0.05) is 0 Å². The van der Waals surface area contributed by atoms with Gasteiger partial charge in [0.2, 0.25) is 5.95 Å². The van der Waals surface area contributed by atoms with Gasteiger partial charge in [-0.2, -0.15) is 0 Å². The third-order valence-corrected chi connectivity index (χ3v) is 2.33. The Balaban J connectivity index is 2.80. The van der Waals surface area contributed by atoms with Gasteiger partial charge in [-0.05, 0) is 20.8 Å². The van der Waals surface area contributed by atoms with Crippen molar-refractivity contribution in [3.63, 3.8) is 0 Å². The summed E-state index contributed by atoms with van der Waals surface area (Å²) in [5.74, 6) is 0.247. The van der Waals surface area contributed by atoms with Gasteiger partial charge in [-0.25, -0.2) is 9.97 Å². The number of hydrogen-bond donors (Lipinski definition) is 2. The van der Waals surface area contributed by atoms with E-state index in [1.165, 1.54) is 0 Å². The summed E-state index contributed by atoms with van der Waals surface area (Å²) in [5.41, 5.74) is -0.767. The molecule has 0 saturated carbocycles. The molecule has 0 fully saturated rings. The second-order valence-electron chi connectivity index (χ2n) is 4.04. The summed E-state index contributed by atoms with van der Waals surface area (Å²) in [7, 11) is 0. The highest BCUT2D eigenvalue weighted by Crippen LogP contribution is 2.16. The third kappa shape index (κ3) is 2.86. The number of nitrogens with zero attached hydrogens (tertiary/aromatic N) is 3. The average molecular weight is 226 g/mol. The Morgan fingerprint density at radius 1 is 1.50 bits per heavy atom. The highest BCUT2D eigenvalue weighted by molar-refractivity contribution is 5.33. The number of nitrogens with one attached hydrogen (secondary N) is 1. The van der Waals surface area contributed by atoms with Gasteiger partial charge < -0.3 is 10.4 Å². The topological polar surface area (TPSA) is 101 Å². The van der Waals surface area contributed by atoms with Crippen LogP contribution >= 0.6 is 0 Å². The predicted octanol–water partition coefficient (Wildman–Crippen LogP) is 0.956. The molecular weight excluding hydrogens is 212 g/mol. The van der Waals surface area contributed by atoms with Crippen molar-refractivity contribution in [2.45, 2.75) is 32.4 Å². The predicted molar refractivity (Wildman–Crippen MR) is 58.1 cm³/mol. The van der Waals surface area contributed by atoms with Crippen molar-refractivity contribution in [2.75, 3.05) is 5.32 Å². The van der Waals surface area contributed by atoms with Crippen LogP contribution in [0.2, 0.25) is 0 Å². The molecule has 0 aromatic carbocycles. The number of aliphatic hydroxyl groups is 1. The quantitative estimate of drug-likeness (QED) is 0.585. The highest BCUT2D eigenvalue weighted by atomic mass is 16.6. The summed E-state index contributed by atoms with van der Waals surface area (Å²) in [6.45, 7) is 5.20. The molecule has 7 nitrogen and oxygen atoms in total. The number of aromatic nitrogens is 2. The second kappa shape index (κ2) is 4.40. The van der Waals surface area contributed by atoms with E-state index in [4.69, 9.17) is 0 Å². The van der Waals surface area contributed by atoms with Crippen LogP contribution < -0.4 is 5.32 Å². The smallest absolute Gasteiger partial charge is 0.305 e. The normalized spacial score (nSPS) is 13.2. The maximum absolute atomic E-state index is 10.4. The number of rotatable bonds is 4. The van der Waals surface area contributed by atoms with Gasteiger partial charge in [0.05, 0.1) is 16.6 Å². The van der Waals surface area contributed by atoms with E-state index in [0.717, 1.165) is 12.4 Å². The van der Waals surface area contributed by atoms with Gasteiger partial charge in [0.25, 0.3) is 0 Å². The first-order chi connectivity index (χ1) is 7.33.